The maximum Gasteiger partial charge on any atom is 0.422 e. The molecule has 0 unspecified atom stereocenters. The molecule has 1 heterocycles. The van der Waals surface area contributed by atoms with Crippen molar-refractivity contribution in [3.63, 3.8) is 0 Å². The molecule has 0 amide bonds. The Morgan fingerprint density at radius 2 is 2.07 bits per heavy atom. The van der Waals surface area contributed by atoms with Crippen molar-refractivity contribution in [2.24, 2.45) is 0 Å². The number of nitrogens with one attached hydrogen (secondary N) is 1. The van der Waals surface area contributed by atoms with Crippen molar-refractivity contribution in [2.45, 2.75) is 6.18 Å². The van der Waals surface area contributed by atoms with E-state index in [1.807, 2.05) is 0 Å². The van der Waals surface area contributed by atoms with Gasteiger partial charge in [0.2, 0.25) is 5.88 Å². The molecule has 0 spiro atoms. The summed E-state index contributed by atoms with van der Waals surface area (Å²) in [7, 11) is 1.63. The number of hydrogen-bond acceptors (Lipinski definition) is 4. The summed E-state index contributed by atoms with van der Waals surface area (Å²) in [5.74, 6) is 0.311. The highest BCUT2D eigenvalue weighted by Gasteiger charge is 2.28. The number of hydrogen-bond donors (Lipinski definition) is 1. The number of ether oxygens (including phenoxy) is 1. The molecule has 7 heteroatoms. The van der Waals surface area contributed by atoms with Gasteiger partial charge in [-0.25, -0.2) is 9.97 Å². The van der Waals surface area contributed by atoms with E-state index in [2.05, 4.69) is 20.0 Å². The third kappa shape index (κ3) is 3.46. The molecule has 0 aliphatic carbocycles. The topological polar surface area (TPSA) is 47.0 Å². The molecule has 0 saturated carbocycles. The van der Waals surface area contributed by atoms with Gasteiger partial charge >= 0.3 is 6.18 Å². The quantitative estimate of drug-likeness (QED) is 0.815. The molecule has 0 bridgehead atoms. The fourth-order valence-corrected chi connectivity index (χ4v) is 0.676. The highest BCUT2D eigenvalue weighted by atomic mass is 19.4. The first-order valence-electron chi connectivity index (χ1n) is 3.70. The Morgan fingerprint density at radius 1 is 1.36 bits per heavy atom. The van der Waals surface area contributed by atoms with Gasteiger partial charge in [0.1, 0.15) is 5.82 Å². The average molecular weight is 207 g/mol. The average Bonchev–Trinajstić information content (AvgIpc) is 2.14. The smallest absolute Gasteiger partial charge is 0.422 e. The van der Waals surface area contributed by atoms with Gasteiger partial charge in [-0.05, 0) is 0 Å². The van der Waals surface area contributed by atoms with E-state index < -0.39 is 12.8 Å². The van der Waals surface area contributed by atoms with E-state index in [1.54, 1.807) is 7.05 Å². The van der Waals surface area contributed by atoms with Crippen LogP contribution in [0.2, 0.25) is 0 Å². The van der Waals surface area contributed by atoms with Gasteiger partial charge in [-0.3, -0.25) is 0 Å². The summed E-state index contributed by atoms with van der Waals surface area (Å²) in [5, 5.41) is 2.68. The summed E-state index contributed by atoms with van der Waals surface area (Å²) in [6.45, 7) is -1.36. The van der Waals surface area contributed by atoms with E-state index in [4.69, 9.17) is 0 Å². The molecule has 0 atom stereocenters. The zero-order valence-electron chi connectivity index (χ0n) is 7.30. The molecule has 1 rings (SSSR count). The molecule has 0 aliphatic heterocycles. The standard InChI is InChI=1S/C7H8F3N3O/c1-11-5-2-13-6(3-12-5)14-4-7(8,9)10/h2-3H,4H2,1H3,(H,11,12). The van der Waals surface area contributed by atoms with Gasteiger partial charge in [0.15, 0.2) is 6.61 Å². The van der Waals surface area contributed by atoms with E-state index >= 15 is 0 Å². The zero-order chi connectivity index (χ0) is 10.6. The molecule has 0 aliphatic rings. The van der Waals surface area contributed by atoms with E-state index in [0.29, 0.717) is 5.82 Å². The largest absolute Gasteiger partial charge is 0.467 e. The van der Waals surface area contributed by atoms with Crippen molar-refractivity contribution in [2.75, 3.05) is 19.0 Å². The lowest BCUT2D eigenvalue weighted by atomic mass is 10.6. The minimum absolute atomic E-state index is 0.152. The monoisotopic (exact) mass is 207 g/mol. The molecule has 1 N–H and O–H groups in total. The summed E-state index contributed by atoms with van der Waals surface area (Å²) in [4.78, 5) is 7.34. The molecule has 0 saturated heterocycles. The number of alkyl halides is 3. The number of aromatic nitrogens is 2. The Hall–Kier alpha value is -1.53. The normalized spacial score (nSPS) is 11.1. The lowest BCUT2D eigenvalue weighted by molar-refractivity contribution is -0.154. The molecule has 14 heavy (non-hydrogen) atoms. The molecular formula is C7H8F3N3O. The van der Waals surface area contributed by atoms with E-state index in [9.17, 15) is 13.2 Å². The second kappa shape index (κ2) is 4.12. The lowest BCUT2D eigenvalue weighted by Crippen LogP contribution is -2.19. The van der Waals surface area contributed by atoms with Crippen LogP contribution in [-0.2, 0) is 0 Å². The summed E-state index contributed by atoms with van der Waals surface area (Å²) < 4.78 is 39.4. The van der Waals surface area contributed by atoms with Crippen molar-refractivity contribution in [1.82, 2.24) is 9.97 Å². The molecule has 78 valence electrons. The van der Waals surface area contributed by atoms with Crippen LogP contribution < -0.4 is 10.1 Å². The molecule has 4 nitrogen and oxygen atoms in total. The first-order valence-corrected chi connectivity index (χ1v) is 3.70. The van der Waals surface area contributed by atoms with Crippen LogP contribution in [0.3, 0.4) is 0 Å². The number of halogens is 3. The van der Waals surface area contributed by atoms with Gasteiger partial charge in [-0.15, -0.1) is 0 Å². The number of rotatable bonds is 3. The lowest BCUT2D eigenvalue weighted by Gasteiger charge is -2.07. The molecular weight excluding hydrogens is 199 g/mol. The van der Waals surface area contributed by atoms with Crippen LogP contribution in [0.1, 0.15) is 0 Å². The number of nitrogens with zero attached hydrogens (tertiary/aromatic N) is 2. The van der Waals surface area contributed by atoms with Crippen LogP contribution in [0.25, 0.3) is 0 Å². The van der Waals surface area contributed by atoms with Crippen molar-refractivity contribution >= 4 is 5.82 Å². The van der Waals surface area contributed by atoms with Crippen LogP contribution in [0.5, 0.6) is 5.88 Å². The second-order valence-corrected chi connectivity index (χ2v) is 2.39. The van der Waals surface area contributed by atoms with Gasteiger partial charge in [-0.1, -0.05) is 0 Å². The highest BCUT2D eigenvalue weighted by molar-refractivity contribution is 5.30. The predicted octanol–water partition coefficient (Wildman–Crippen LogP) is 1.46. The summed E-state index contributed by atoms with van der Waals surface area (Å²) in [6.07, 6.45) is -1.95. The minimum atomic E-state index is -4.36. The molecule has 0 fully saturated rings. The minimum Gasteiger partial charge on any atom is -0.467 e. The second-order valence-electron chi connectivity index (χ2n) is 2.39. The number of anilines is 1. The van der Waals surface area contributed by atoms with Crippen LogP contribution in [0, 0.1) is 0 Å². The van der Waals surface area contributed by atoms with Crippen molar-refractivity contribution in [3.05, 3.63) is 12.4 Å². The van der Waals surface area contributed by atoms with Gasteiger partial charge in [-0.2, -0.15) is 13.2 Å². The third-order valence-electron chi connectivity index (χ3n) is 1.27. The fraction of sp³-hybridized carbons (Fsp3) is 0.429. The zero-order valence-corrected chi connectivity index (χ0v) is 7.30. The summed E-state index contributed by atoms with van der Waals surface area (Å²) in [6, 6.07) is 0. The molecule has 0 aromatic carbocycles. The van der Waals surface area contributed by atoms with E-state index in [1.165, 1.54) is 6.20 Å². The van der Waals surface area contributed by atoms with Crippen molar-refractivity contribution in [1.29, 1.82) is 0 Å². The van der Waals surface area contributed by atoms with Crippen LogP contribution in [0.4, 0.5) is 19.0 Å². The maximum absolute atomic E-state index is 11.7. The Bertz CT molecular complexity index is 285. The van der Waals surface area contributed by atoms with Crippen LogP contribution in [-0.4, -0.2) is 29.8 Å². The van der Waals surface area contributed by atoms with E-state index in [-0.39, 0.29) is 5.88 Å². The fourth-order valence-electron chi connectivity index (χ4n) is 0.676. The van der Waals surface area contributed by atoms with E-state index in [0.717, 1.165) is 6.20 Å². The summed E-state index contributed by atoms with van der Waals surface area (Å²) >= 11 is 0. The van der Waals surface area contributed by atoms with Crippen molar-refractivity contribution in [3.8, 4) is 5.88 Å². The Kier molecular flexibility index (Phi) is 3.10. The Morgan fingerprint density at radius 3 is 2.50 bits per heavy atom. The van der Waals surface area contributed by atoms with Crippen LogP contribution >= 0.6 is 0 Å². The molecule has 0 radical (unpaired) electrons. The predicted molar refractivity (Wildman–Crippen MR) is 43.1 cm³/mol. The van der Waals surface area contributed by atoms with Gasteiger partial charge in [0.25, 0.3) is 0 Å². The molecule has 1 aromatic rings. The Balaban J connectivity index is 2.52. The van der Waals surface area contributed by atoms with Gasteiger partial charge < -0.3 is 10.1 Å². The molecule has 1 aromatic heterocycles. The van der Waals surface area contributed by atoms with Crippen molar-refractivity contribution < 1.29 is 17.9 Å². The Labute approximate surface area is 78.1 Å². The third-order valence-corrected chi connectivity index (χ3v) is 1.27. The first-order chi connectivity index (χ1) is 6.51. The maximum atomic E-state index is 11.7. The summed E-state index contributed by atoms with van der Waals surface area (Å²) in [5.41, 5.74) is 0. The van der Waals surface area contributed by atoms with Gasteiger partial charge in [0, 0.05) is 7.05 Å². The SMILES string of the molecule is CNc1cnc(OCC(F)(F)F)cn1. The first kappa shape index (κ1) is 10.6. The highest BCUT2D eigenvalue weighted by Crippen LogP contribution is 2.16. The van der Waals surface area contributed by atoms with Crippen LogP contribution in [0.15, 0.2) is 12.4 Å². The van der Waals surface area contributed by atoms with Gasteiger partial charge in [0.05, 0.1) is 12.4 Å².